The Labute approximate surface area is 165 Å². The van der Waals surface area contributed by atoms with E-state index in [0.29, 0.717) is 21.0 Å². The number of aliphatic carboxylic acids is 1. The Bertz CT molecular complexity index is 1150. The number of carboxylic acid groups (broad SMARTS) is 1. The summed E-state index contributed by atoms with van der Waals surface area (Å²) in [6, 6.07) is 4.61. The number of nitrogens with one attached hydrogen (secondary N) is 1. The molecule has 1 atom stereocenters. The number of carbonyl (C=O) groups excluding carboxylic acids is 2. The molecule has 0 aliphatic heterocycles. The van der Waals surface area contributed by atoms with Gasteiger partial charge in [0, 0.05) is 5.69 Å². The highest BCUT2D eigenvalue weighted by atomic mass is 32.1. The van der Waals surface area contributed by atoms with Gasteiger partial charge in [-0.1, -0.05) is 24.6 Å². The van der Waals surface area contributed by atoms with Crippen LogP contribution in [-0.2, 0) is 4.79 Å². The van der Waals surface area contributed by atoms with Crippen LogP contribution in [0.5, 0.6) is 0 Å². The van der Waals surface area contributed by atoms with Crippen LogP contribution in [0.15, 0.2) is 29.3 Å². The smallest absolute Gasteiger partial charge is 0.266 e. The summed E-state index contributed by atoms with van der Waals surface area (Å²) >= 11 is 1.11. The number of thiophene rings is 1. The maximum Gasteiger partial charge on any atom is 0.266 e. The second kappa shape index (κ2) is 7.55. The molecular formula is C20H20N3O4S-. The minimum absolute atomic E-state index is 0.193. The van der Waals surface area contributed by atoms with Gasteiger partial charge in [0.1, 0.15) is 4.83 Å². The summed E-state index contributed by atoms with van der Waals surface area (Å²) in [5, 5.41) is 14.5. The normalized spacial score (nSPS) is 12.1. The SMILES string of the molecule is CCC(C(=O)[O-])n1cnc2sc(C(=O)Nc3ccc(C)cc3C)c(C)c2c1=O. The molecule has 1 N–H and O–H groups in total. The second-order valence-electron chi connectivity index (χ2n) is 6.71. The van der Waals surface area contributed by atoms with Crippen LogP contribution in [0.3, 0.4) is 0 Å². The van der Waals surface area contributed by atoms with Crippen molar-refractivity contribution in [1.82, 2.24) is 9.55 Å². The number of rotatable bonds is 5. The molecule has 28 heavy (non-hydrogen) atoms. The minimum atomic E-state index is -1.34. The lowest BCUT2D eigenvalue weighted by Gasteiger charge is -2.18. The molecule has 0 fully saturated rings. The van der Waals surface area contributed by atoms with Crippen LogP contribution in [0.2, 0.25) is 0 Å². The fourth-order valence-corrected chi connectivity index (χ4v) is 4.22. The van der Waals surface area contributed by atoms with Crippen LogP contribution in [0.1, 0.15) is 45.7 Å². The Balaban J connectivity index is 2.04. The third kappa shape index (κ3) is 3.43. The van der Waals surface area contributed by atoms with Crippen LogP contribution in [-0.4, -0.2) is 21.4 Å². The van der Waals surface area contributed by atoms with Crippen molar-refractivity contribution >= 4 is 39.1 Å². The molecule has 7 nitrogen and oxygen atoms in total. The topological polar surface area (TPSA) is 104 Å². The molecule has 3 rings (SSSR count). The number of hydrogen-bond acceptors (Lipinski definition) is 6. The molecule has 0 spiro atoms. The van der Waals surface area contributed by atoms with Gasteiger partial charge in [-0.3, -0.25) is 14.2 Å². The zero-order valence-electron chi connectivity index (χ0n) is 16.0. The number of fused-ring (bicyclic) bond motifs is 1. The highest BCUT2D eigenvalue weighted by Gasteiger charge is 2.22. The number of nitrogens with zero attached hydrogens (tertiary/aromatic N) is 2. The molecular weight excluding hydrogens is 378 g/mol. The summed E-state index contributed by atoms with van der Waals surface area (Å²) in [6.07, 6.45) is 1.40. The van der Waals surface area contributed by atoms with Gasteiger partial charge in [-0.25, -0.2) is 4.98 Å². The van der Waals surface area contributed by atoms with E-state index in [1.54, 1.807) is 13.8 Å². The van der Waals surface area contributed by atoms with Gasteiger partial charge >= 0.3 is 0 Å². The zero-order valence-corrected chi connectivity index (χ0v) is 16.8. The molecule has 0 saturated carbocycles. The molecule has 1 aromatic carbocycles. The van der Waals surface area contributed by atoms with E-state index in [2.05, 4.69) is 10.3 Å². The fourth-order valence-electron chi connectivity index (χ4n) is 3.19. The van der Waals surface area contributed by atoms with Gasteiger partial charge in [0.2, 0.25) is 0 Å². The predicted octanol–water partition coefficient (Wildman–Crippen LogP) is 2.34. The fraction of sp³-hybridized carbons (Fsp3) is 0.300. The molecule has 0 aliphatic rings. The molecule has 0 aliphatic carbocycles. The van der Waals surface area contributed by atoms with Crippen molar-refractivity contribution in [3.05, 3.63) is 56.4 Å². The van der Waals surface area contributed by atoms with Crippen molar-refractivity contribution in [2.45, 2.75) is 40.2 Å². The van der Waals surface area contributed by atoms with Gasteiger partial charge in [0.05, 0.1) is 28.6 Å². The van der Waals surface area contributed by atoms with Crippen molar-refractivity contribution < 1.29 is 14.7 Å². The van der Waals surface area contributed by atoms with Gasteiger partial charge in [0.15, 0.2) is 0 Å². The summed E-state index contributed by atoms with van der Waals surface area (Å²) in [4.78, 5) is 41.9. The lowest BCUT2D eigenvalue weighted by Crippen LogP contribution is -2.38. The molecule has 0 saturated heterocycles. The number of carbonyl (C=O) groups is 2. The van der Waals surface area contributed by atoms with Crippen molar-refractivity contribution in [1.29, 1.82) is 0 Å². The largest absolute Gasteiger partial charge is 0.548 e. The summed E-state index contributed by atoms with van der Waals surface area (Å²) in [7, 11) is 0. The van der Waals surface area contributed by atoms with E-state index in [9.17, 15) is 19.5 Å². The molecule has 1 unspecified atom stereocenters. The Morgan fingerprint density at radius 2 is 2.00 bits per heavy atom. The van der Waals surface area contributed by atoms with Crippen molar-refractivity contribution in [3.63, 3.8) is 0 Å². The van der Waals surface area contributed by atoms with Gasteiger partial charge in [-0.15, -0.1) is 11.3 Å². The van der Waals surface area contributed by atoms with Crippen molar-refractivity contribution in [2.75, 3.05) is 5.32 Å². The summed E-state index contributed by atoms with van der Waals surface area (Å²) in [5.74, 6) is -1.67. The summed E-state index contributed by atoms with van der Waals surface area (Å²) in [5.41, 5.74) is 2.73. The van der Waals surface area contributed by atoms with Crippen LogP contribution in [0.4, 0.5) is 5.69 Å². The first-order chi connectivity index (χ1) is 13.2. The maximum absolute atomic E-state index is 12.8. The van der Waals surface area contributed by atoms with Crippen molar-refractivity contribution in [3.8, 4) is 0 Å². The zero-order chi connectivity index (χ0) is 20.6. The Morgan fingerprint density at radius 3 is 2.61 bits per heavy atom. The Morgan fingerprint density at radius 1 is 1.29 bits per heavy atom. The minimum Gasteiger partial charge on any atom is -0.548 e. The van der Waals surface area contributed by atoms with E-state index in [1.807, 2.05) is 32.0 Å². The van der Waals surface area contributed by atoms with Crippen LogP contribution in [0, 0.1) is 20.8 Å². The number of aromatic nitrogens is 2. The standard InChI is InChI=1S/C20H21N3O4S/c1-5-14(20(26)27)23-9-21-18-15(19(23)25)12(4)16(28-18)17(24)22-13-7-6-10(2)8-11(13)3/h6-9,14H,5H2,1-4H3,(H,22,24)(H,26,27)/p-1. The highest BCUT2D eigenvalue weighted by Crippen LogP contribution is 2.28. The number of carboxylic acids is 1. The molecule has 0 bridgehead atoms. The molecule has 2 heterocycles. The average molecular weight is 398 g/mol. The highest BCUT2D eigenvalue weighted by molar-refractivity contribution is 7.20. The summed E-state index contributed by atoms with van der Waals surface area (Å²) < 4.78 is 1.06. The quantitative estimate of drug-likeness (QED) is 0.710. The monoisotopic (exact) mass is 398 g/mol. The van der Waals surface area contributed by atoms with E-state index >= 15 is 0 Å². The molecule has 8 heteroatoms. The number of amides is 1. The number of hydrogen-bond donors (Lipinski definition) is 1. The third-order valence-corrected chi connectivity index (χ3v) is 5.91. The number of aryl methyl sites for hydroxylation is 3. The molecule has 3 aromatic rings. The maximum atomic E-state index is 12.8. The Hall–Kier alpha value is -3.00. The molecule has 146 valence electrons. The molecule has 1 amide bonds. The van der Waals surface area contributed by atoms with Gasteiger partial charge < -0.3 is 15.2 Å². The molecule has 2 aromatic heterocycles. The second-order valence-corrected chi connectivity index (χ2v) is 7.71. The van der Waals surface area contributed by atoms with Gasteiger partial charge in [-0.2, -0.15) is 0 Å². The predicted molar refractivity (Wildman–Crippen MR) is 107 cm³/mol. The third-order valence-electron chi connectivity index (χ3n) is 4.71. The van der Waals surface area contributed by atoms with Crippen molar-refractivity contribution in [2.24, 2.45) is 0 Å². The van der Waals surface area contributed by atoms with Crippen LogP contribution < -0.4 is 16.0 Å². The Kier molecular flexibility index (Phi) is 5.33. The van der Waals surface area contributed by atoms with Crippen LogP contribution >= 0.6 is 11.3 Å². The average Bonchev–Trinajstić information content (AvgIpc) is 2.97. The lowest BCUT2D eigenvalue weighted by atomic mass is 10.1. The van der Waals surface area contributed by atoms with E-state index in [0.717, 1.165) is 27.0 Å². The first-order valence-corrected chi connectivity index (χ1v) is 9.66. The van der Waals surface area contributed by atoms with E-state index < -0.39 is 17.6 Å². The lowest BCUT2D eigenvalue weighted by molar-refractivity contribution is -0.310. The number of benzene rings is 1. The van der Waals surface area contributed by atoms with E-state index in [-0.39, 0.29) is 17.7 Å². The van der Waals surface area contributed by atoms with Gasteiger partial charge in [0.25, 0.3) is 11.5 Å². The first kappa shape index (κ1) is 19.8. The van der Waals surface area contributed by atoms with E-state index in [1.165, 1.54) is 6.33 Å². The summed E-state index contributed by atoms with van der Waals surface area (Å²) in [6.45, 7) is 7.20. The number of anilines is 1. The first-order valence-electron chi connectivity index (χ1n) is 8.84. The van der Waals surface area contributed by atoms with Gasteiger partial charge in [-0.05, 0) is 44.4 Å². The van der Waals surface area contributed by atoms with E-state index in [4.69, 9.17) is 0 Å². The van der Waals surface area contributed by atoms with Crippen LogP contribution in [0.25, 0.3) is 10.2 Å². The molecule has 0 radical (unpaired) electrons.